The summed E-state index contributed by atoms with van der Waals surface area (Å²) in [6.07, 6.45) is 1.37. The van der Waals surface area contributed by atoms with Crippen LogP contribution in [0.25, 0.3) is 10.9 Å². The summed E-state index contributed by atoms with van der Waals surface area (Å²) in [6, 6.07) is 0. The van der Waals surface area contributed by atoms with Crippen LogP contribution in [0.3, 0.4) is 0 Å². The van der Waals surface area contributed by atoms with E-state index in [1.165, 1.54) is 13.3 Å². The lowest BCUT2D eigenvalue weighted by Gasteiger charge is -2.05. The van der Waals surface area contributed by atoms with Gasteiger partial charge in [0.2, 0.25) is 5.88 Å². The van der Waals surface area contributed by atoms with E-state index in [-0.39, 0.29) is 0 Å². The summed E-state index contributed by atoms with van der Waals surface area (Å²) in [5.74, 6) is 0.392. The van der Waals surface area contributed by atoms with Crippen LogP contribution in [0.5, 0.6) is 5.88 Å². The minimum absolute atomic E-state index is 0.341. The smallest absolute Gasteiger partial charge is 0.326 e. The molecule has 0 atom stereocenters. The average molecular weight is 207 g/mol. The molecule has 0 radical (unpaired) electrons. The number of aromatic amines is 2. The van der Waals surface area contributed by atoms with Crippen molar-refractivity contribution < 1.29 is 4.74 Å². The van der Waals surface area contributed by atoms with E-state index >= 15 is 0 Å². The van der Waals surface area contributed by atoms with Gasteiger partial charge in [0, 0.05) is 11.8 Å². The van der Waals surface area contributed by atoms with Crippen molar-refractivity contribution in [2.75, 3.05) is 7.11 Å². The molecule has 0 aliphatic carbocycles. The van der Waals surface area contributed by atoms with E-state index in [0.717, 1.165) is 0 Å². The van der Waals surface area contributed by atoms with Crippen LogP contribution in [0.4, 0.5) is 0 Å². The van der Waals surface area contributed by atoms with Gasteiger partial charge in [-0.3, -0.25) is 9.78 Å². The second-order valence-electron chi connectivity index (χ2n) is 3.09. The summed E-state index contributed by atoms with van der Waals surface area (Å²) >= 11 is 0. The fourth-order valence-electron chi connectivity index (χ4n) is 1.45. The van der Waals surface area contributed by atoms with Crippen LogP contribution in [0, 0.1) is 6.92 Å². The van der Waals surface area contributed by atoms with Gasteiger partial charge in [0.15, 0.2) is 0 Å². The Kier molecular flexibility index (Phi) is 2.03. The Balaban J connectivity index is 2.99. The molecule has 0 aliphatic rings. The number of methoxy groups -OCH3 is 1. The van der Waals surface area contributed by atoms with Crippen LogP contribution in [0.1, 0.15) is 5.56 Å². The predicted molar refractivity (Wildman–Crippen MR) is 54.3 cm³/mol. The van der Waals surface area contributed by atoms with Gasteiger partial charge in [-0.1, -0.05) is 0 Å². The molecular weight excluding hydrogens is 198 g/mol. The number of hydrogen-bond donors (Lipinski definition) is 2. The molecular formula is C9H9N3O3. The molecule has 2 aromatic heterocycles. The van der Waals surface area contributed by atoms with Crippen molar-refractivity contribution in [3.63, 3.8) is 0 Å². The maximum absolute atomic E-state index is 11.4. The number of hydrogen-bond acceptors (Lipinski definition) is 4. The van der Waals surface area contributed by atoms with E-state index in [1.54, 1.807) is 6.92 Å². The molecule has 2 N–H and O–H groups in total. The Labute approximate surface area is 83.9 Å². The number of aromatic nitrogens is 3. The van der Waals surface area contributed by atoms with Crippen molar-refractivity contribution in [2.45, 2.75) is 6.92 Å². The molecule has 0 unspecified atom stereocenters. The number of nitrogens with one attached hydrogen (secondary N) is 2. The Morgan fingerprint density at radius 3 is 2.73 bits per heavy atom. The largest absolute Gasteiger partial charge is 0.481 e. The highest BCUT2D eigenvalue weighted by Gasteiger charge is 2.08. The van der Waals surface area contributed by atoms with E-state index in [9.17, 15) is 9.59 Å². The van der Waals surface area contributed by atoms with Gasteiger partial charge in [0.25, 0.3) is 5.56 Å². The second kappa shape index (κ2) is 3.23. The van der Waals surface area contributed by atoms with Crippen molar-refractivity contribution in [1.82, 2.24) is 15.0 Å². The SMILES string of the molecule is COc1ncc2c(=O)[nH]c(=O)[nH]c2c1C. The Hall–Kier alpha value is -2.11. The van der Waals surface area contributed by atoms with E-state index in [4.69, 9.17) is 4.74 Å². The zero-order valence-corrected chi connectivity index (χ0v) is 8.25. The second-order valence-corrected chi connectivity index (χ2v) is 3.09. The van der Waals surface area contributed by atoms with Gasteiger partial charge >= 0.3 is 5.69 Å². The highest BCUT2D eigenvalue weighted by molar-refractivity contribution is 5.80. The molecule has 0 aliphatic heterocycles. The molecule has 6 heteroatoms. The average Bonchev–Trinajstić information content (AvgIpc) is 2.19. The zero-order chi connectivity index (χ0) is 11.0. The Bertz CT molecular complexity index is 627. The highest BCUT2D eigenvalue weighted by atomic mass is 16.5. The van der Waals surface area contributed by atoms with Gasteiger partial charge in [0.1, 0.15) is 0 Å². The number of nitrogens with zero attached hydrogens (tertiary/aromatic N) is 1. The van der Waals surface area contributed by atoms with Crippen LogP contribution in [-0.2, 0) is 0 Å². The highest BCUT2D eigenvalue weighted by Crippen LogP contribution is 2.19. The molecule has 0 fully saturated rings. The number of H-pyrrole nitrogens is 2. The van der Waals surface area contributed by atoms with Crippen molar-refractivity contribution in [1.29, 1.82) is 0 Å². The first-order chi connectivity index (χ1) is 7.13. The van der Waals surface area contributed by atoms with Gasteiger partial charge < -0.3 is 9.72 Å². The van der Waals surface area contributed by atoms with Gasteiger partial charge in [-0.15, -0.1) is 0 Å². The van der Waals surface area contributed by atoms with Crippen molar-refractivity contribution in [2.24, 2.45) is 0 Å². The topological polar surface area (TPSA) is 87.8 Å². The third-order valence-corrected chi connectivity index (χ3v) is 2.18. The molecule has 2 rings (SSSR count). The van der Waals surface area contributed by atoms with Crippen molar-refractivity contribution >= 4 is 10.9 Å². The number of rotatable bonds is 1. The molecule has 0 saturated carbocycles. The number of fused-ring (bicyclic) bond motifs is 1. The molecule has 78 valence electrons. The predicted octanol–water partition coefficient (Wildman–Crippen LogP) is -0.0716. The Morgan fingerprint density at radius 1 is 1.33 bits per heavy atom. The first kappa shape index (κ1) is 9.45. The quantitative estimate of drug-likeness (QED) is 0.685. The first-order valence-corrected chi connectivity index (χ1v) is 4.29. The van der Waals surface area contributed by atoms with E-state index in [1.807, 2.05) is 0 Å². The normalized spacial score (nSPS) is 10.5. The number of ether oxygens (including phenoxy) is 1. The fourth-order valence-corrected chi connectivity index (χ4v) is 1.45. The summed E-state index contributed by atoms with van der Waals surface area (Å²) in [5, 5.41) is 0.341. The van der Waals surface area contributed by atoms with E-state index in [2.05, 4.69) is 15.0 Å². The van der Waals surface area contributed by atoms with Crippen LogP contribution in [0.15, 0.2) is 15.8 Å². The number of aryl methyl sites for hydroxylation is 1. The molecule has 2 aromatic rings. The minimum Gasteiger partial charge on any atom is -0.481 e. The van der Waals surface area contributed by atoms with Crippen molar-refractivity contribution in [3.05, 3.63) is 32.6 Å². The summed E-state index contributed by atoms with van der Waals surface area (Å²) < 4.78 is 4.99. The Morgan fingerprint density at radius 2 is 2.07 bits per heavy atom. The van der Waals surface area contributed by atoms with E-state index in [0.29, 0.717) is 22.3 Å². The molecule has 6 nitrogen and oxygen atoms in total. The number of pyridine rings is 1. The van der Waals surface area contributed by atoms with Gasteiger partial charge in [0.05, 0.1) is 18.0 Å². The van der Waals surface area contributed by atoms with Gasteiger partial charge in [-0.05, 0) is 6.92 Å². The molecule has 0 spiro atoms. The zero-order valence-electron chi connectivity index (χ0n) is 8.25. The third-order valence-electron chi connectivity index (χ3n) is 2.18. The summed E-state index contributed by atoms with van der Waals surface area (Å²) in [4.78, 5) is 31.1. The molecule has 0 aromatic carbocycles. The molecule has 2 heterocycles. The van der Waals surface area contributed by atoms with Crippen molar-refractivity contribution in [3.8, 4) is 5.88 Å². The lowest BCUT2D eigenvalue weighted by Crippen LogP contribution is -2.22. The summed E-state index contributed by atoms with van der Waals surface area (Å²) in [5.41, 5.74) is 0.102. The summed E-state index contributed by atoms with van der Waals surface area (Å²) in [7, 11) is 1.48. The maximum Gasteiger partial charge on any atom is 0.326 e. The van der Waals surface area contributed by atoms with Crippen LogP contribution < -0.4 is 16.0 Å². The fraction of sp³-hybridized carbons (Fsp3) is 0.222. The third kappa shape index (κ3) is 1.39. The maximum atomic E-state index is 11.4. The van der Waals surface area contributed by atoms with Gasteiger partial charge in [-0.25, -0.2) is 9.78 Å². The lowest BCUT2D eigenvalue weighted by atomic mass is 10.2. The van der Waals surface area contributed by atoms with Crippen LogP contribution >= 0.6 is 0 Å². The lowest BCUT2D eigenvalue weighted by molar-refractivity contribution is 0.395. The molecule has 0 saturated heterocycles. The van der Waals surface area contributed by atoms with E-state index < -0.39 is 11.2 Å². The molecule has 0 amide bonds. The van der Waals surface area contributed by atoms with Crippen LogP contribution in [-0.4, -0.2) is 22.1 Å². The first-order valence-electron chi connectivity index (χ1n) is 4.29. The monoisotopic (exact) mass is 207 g/mol. The van der Waals surface area contributed by atoms with Crippen LogP contribution in [0.2, 0.25) is 0 Å². The molecule has 0 bridgehead atoms. The molecule has 15 heavy (non-hydrogen) atoms. The summed E-state index contributed by atoms with van der Waals surface area (Å²) in [6.45, 7) is 1.73. The standard InChI is InChI=1S/C9H9N3O3/c1-4-6-5(3-10-8(4)15-2)7(13)12-9(14)11-6/h3H,1-2H3,(H2,11,12,13,14). The van der Waals surface area contributed by atoms with Gasteiger partial charge in [-0.2, -0.15) is 0 Å². The minimum atomic E-state index is -0.538.